The molecule has 1 heterocycles. The molecule has 0 aromatic rings. The first-order valence-corrected chi connectivity index (χ1v) is 8.28. The van der Waals surface area contributed by atoms with Crippen LogP contribution in [0.5, 0.6) is 0 Å². The van der Waals surface area contributed by atoms with E-state index in [0.717, 1.165) is 12.8 Å². The van der Waals surface area contributed by atoms with E-state index >= 15 is 0 Å². The number of carboxylic acid groups (broad SMARTS) is 1. The molecule has 6 heteroatoms. The topological polar surface area (TPSA) is 83.8 Å². The molecule has 1 unspecified atom stereocenters. The van der Waals surface area contributed by atoms with Crippen molar-refractivity contribution in [2.75, 3.05) is 19.0 Å². The van der Waals surface area contributed by atoms with Gasteiger partial charge < -0.3 is 14.9 Å². The highest BCUT2D eigenvalue weighted by molar-refractivity contribution is 7.85. The smallest absolute Gasteiger partial charge is 0.306 e. The molecule has 0 aromatic carbocycles. The SMILES string of the molecule is O=C(O)C1CCC(O)(CS(=O)C2CCOCC2)CC1. The van der Waals surface area contributed by atoms with Crippen LogP contribution in [-0.2, 0) is 20.3 Å². The van der Waals surface area contributed by atoms with Gasteiger partial charge in [-0.15, -0.1) is 0 Å². The lowest BCUT2D eigenvalue weighted by Crippen LogP contribution is -2.43. The van der Waals surface area contributed by atoms with Crippen molar-refractivity contribution in [3.05, 3.63) is 0 Å². The Morgan fingerprint density at radius 2 is 1.79 bits per heavy atom. The molecule has 0 aromatic heterocycles. The number of ether oxygens (including phenoxy) is 1. The van der Waals surface area contributed by atoms with Gasteiger partial charge in [0.25, 0.3) is 0 Å². The summed E-state index contributed by atoms with van der Waals surface area (Å²) in [5, 5.41) is 19.5. The fourth-order valence-corrected chi connectivity index (χ4v) is 4.64. The maximum absolute atomic E-state index is 12.3. The third kappa shape index (κ3) is 4.00. The van der Waals surface area contributed by atoms with Crippen LogP contribution in [0, 0.1) is 5.92 Å². The van der Waals surface area contributed by atoms with Crippen LogP contribution in [0.2, 0.25) is 0 Å². The molecule has 2 N–H and O–H groups in total. The molecular formula is C13H22O5S. The van der Waals surface area contributed by atoms with E-state index in [4.69, 9.17) is 9.84 Å². The maximum Gasteiger partial charge on any atom is 0.306 e. The average Bonchev–Trinajstić information content (AvgIpc) is 2.40. The summed E-state index contributed by atoms with van der Waals surface area (Å²) in [6, 6.07) is 0. The standard InChI is InChI=1S/C13H22O5S/c14-12(15)10-1-5-13(16,6-2-10)9-19(17)11-3-7-18-8-4-11/h10-11,16H,1-9H2,(H,14,15). The number of aliphatic carboxylic acids is 1. The molecule has 2 fully saturated rings. The Balaban J connectivity index is 1.84. The van der Waals surface area contributed by atoms with E-state index in [-0.39, 0.29) is 16.9 Å². The van der Waals surface area contributed by atoms with Crippen LogP contribution in [0.3, 0.4) is 0 Å². The van der Waals surface area contributed by atoms with Crippen LogP contribution in [0.1, 0.15) is 38.5 Å². The first-order valence-electron chi connectivity index (χ1n) is 6.90. The molecular weight excluding hydrogens is 268 g/mol. The van der Waals surface area contributed by atoms with Crippen molar-refractivity contribution < 1.29 is 24.0 Å². The van der Waals surface area contributed by atoms with E-state index < -0.39 is 22.4 Å². The van der Waals surface area contributed by atoms with Gasteiger partial charge in [0.2, 0.25) is 0 Å². The monoisotopic (exact) mass is 290 g/mol. The quantitative estimate of drug-likeness (QED) is 0.804. The molecule has 5 nitrogen and oxygen atoms in total. The maximum atomic E-state index is 12.3. The molecule has 1 saturated heterocycles. The van der Waals surface area contributed by atoms with Gasteiger partial charge in [0.15, 0.2) is 0 Å². The van der Waals surface area contributed by atoms with Gasteiger partial charge >= 0.3 is 5.97 Å². The molecule has 1 aliphatic carbocycles. The minimum Gasteiger partial charge on any atom is -0.481 e. The second kappa shape index (κ2) is 6.33. The molecule has 1 saturated carbocycles. The van der Waals surface area contributed by atoms with E-state index in [1.165, 1.54) is 0 Å². The summed E-state index contributed by atoms with van der Waals surface area (Å²) in [5.74, 6) is -0.853. The fraction of sp³-hybridized carbons (Fsp3) is 0.923. The van der Waals surface area contributed by atoms with Crippen molar-refractivity contribution >= 4 is 16.8 Å². The van der Waals surface area contributed by atoms with Crippen molar-refractivity contribution in [3.8, 4) is 0 Å². The van der Waals surface area contributed by atoms with Crippen LogP contribution in [-0.4, -0.2) is 50.2 Å². The van der Waals surface area contributed by atoms with Gasteiger partial charge in [0, 0.05) is 29.3 Å². The summed E-state index contributed by atoms with van der Waals surface area (Å²) in [6.45, 7) is 1.30. The van der Waals surface area contributed by atoms with E-state index in [1.54, 1.807) is 0 Å². The van der Waals surface area contributed by atoms with E-state index in [2.05, 4.69) is 0 Å². The van der Waals surface area contributed by atoms with Crippen molar-refractivity contribution in [1.29, 1.82) is 0 Å². The van der Waals surface area contributed by atoms with E-state index in [1.807, 2.05) is 0 Å². The highest BCUT2D eigenvalue weighted by atomic mass is 32.2. The van der Waals surface area contributed by atoms with Gasteiger partial charge in [-0.05, 0) is 38.5 Å². The minimum absolute atomic E-state index is 0.120. The third-order valence-electron chi connectivity index (χ3n) is 4.22. The highest BCUT2D eigenvalue weighted by Crippen LogP contribution is 2.33. The summed E-state index contributed by atoms with van der Waals surface area (Å²) in [7, 11) is -1.04. The van der Waals surface area contributed by atoms with Crippen molar-refractivity contribution in [2.45, 2.75) is 49.4 Å². The number of aliphatic hydroxyl groups is 1. The zero-order chi connectivity index (χ0) is 13.9. The lowest BCUT2D eigenvalue weighted by molar-refractivity contribution is -0.144. The molecule has 0 amide bonds. The zero-order valence-corrected chi connectivity index (χ0v) is 11.9. The summed E-state index contributed by atoms with van der Waals surface area (Å²) >= 11 is 0. The largest absolute Gasteiger partial charge is 0.481 e. The number of rotatable bonds is 4. The Morgan fingerprint density at radius 3 is 2.32 bits per heavy atom. The molecule has 0 spiro atoms. The Labute approximate surface area is 115 Å². The van der Waals surface area contributed by atoms with Crippen LogP contribution >= 0.6 is 0 Å². The molecule has 1 aliphatic heterocycles. The zero-order valence-electron chi connectivity index (χ0n) is 11.0. The molecule has 1 atom stereocenters. The Bertz CT molecular complexity index is 343. The van der Waals surface area contributed by atoms with Gasteiger partial charge in [0.1, 0.15) is 0 Å². The first kappa shape index (κ1) is 14.9. The second-order valence-electron chi connectivity index (χ2n) is 5.67. The third-order valence-corrected chi connectivity index (χ3v) is 6.25. The van der Waals surface area contributed by atoms with Gasteiger partial charge in [-0.3, -0.25) is 9.00 Å². The van der Waals surface area contributed by atoms with Crippen LogP contribution in [0.25, 0.3) is 0 Å². The lowest BCUT2D eigenvalue weighted by atomic mass is 9.80. The normalized spacial score (nSPS) is 34.9. The summed E-state index contributed by atoms with van der Waals surface area (Å²) < 4.78 is 17.5. The van der Waals surface area contributed by atoms with Crippen molar-refractivity contribution in [2.24, 2.45) is 5.92 Å². The van der Waals surface area contributed by atoms with Gasteiger partial charge in [-0.1, -0.05) is 0 Å². The Hall–Kier alpha value is -0.460. The molecule has 2 rings (SSSR count). The predicted octanol–water partition coefficient (Wildman–Crippen LogP) is 0.920. The van der Waals surface area contributed by atoms with E-state index in [0.29, 0.717) is 38.9 Å². The molecule has 0 radical (unpaired) electrons. The summed E-state index contributed by atoms with van der Waals surface area (Å²) in [4.78, 5) is 10.9. The molecule has 2 aliphatic rings. The average molecular weight is 290 g/mol. The van der Waals surface area contributed by atoms with Crippen LogP contribution in [0.15, 0.2) is 0 Å². The number of carboxylic acids is 1. The number of hydrogen-bond donors (Lipinski definition) is 2. The van der Waals surface area contributed by atoms with Crippen molar-refractivity contribution in [3.63, 3.8) is 0 Å². The van der Waals surface area contributed by atoms with Gasteiger partial charge in [-0.25, -0.2) is 0 Å². The summed E-state index contributed by atoms with van der Waals surface area (Å²) in [6.07, 6.45) is 3.44. The Kier molecular flexibility index (Phi) is 4.97. The molecule has 110 valence electrons. The van der Waals surface area contributed by atoms with Crippen molar-refractivity contribution in [1.82, 2.24) is 0 Å². The Morgan fingerprint density at radius 1 is 1.21 bits per heavy atom. The van der Waals surface area contributed by atoms with Gasteiger partial charge in [0.05, 0.1) is 17.3 Å². The van der Waals surface area contributed by atoms with Crippen LogP contribution in [0.4, 0.5) is 0 Å². The molecule has 0 bridgehead atoms. The van der Waals surface area contributed by atoms with E-state index in [9.17, 15) is 14.1 Å². The predicted molar refractivity (Wildman–Crippen MR) is 71.4 cm³/mol. The number of hydrogen-bond acceptors (Lipinski definition) is 4. The first-order chi connectivity index (χ1) is 9.00. The minimum atomic E-state index is -1.04. The highest BCUT2D eigenvalue weighted by Gasteiger charge is 2.38. The fourth-order valence-electron chi connectivity index (χ4n) is 2.87. The van der Waals surface area contributed by atoms with Crippen LogP contribution < -0.4 is 0 Å². The van der Waals surface area contributed by atoms with Gasteiger partial charge in [-0.2, -0.15) is 0 Å². The second-order valence-corrected chi connectivity index (χ2v) is 7.39. The summed E-state index contributed by atoms with van der Waals surface area (Å²) in [5.41, 5.74) is -0.935. The molecule has 19 heavy (non-hydrogen) atoms. The number of carbonyl (C=O) groups is 1. The lowest BCUT2D eigenvalue weighted by Gasteiger charge is -2.35.